The number of piperazine rings is 1. The van der Waals surface area contributed by atoms with Crippen LogP contribution in [0.2, 0.25) is 0 Å². The Bertz CT molecular complexity index is 773. The van der Waals surface area contributed by atoms with Gasteiger partial charge in [0.15, 0.2) is 0 Å². The highest BCUT2D eigenvalue weighted by Crippen LogP contribution is 2.29. The van der Waals surface area contributed by atoms with Gasteiger partial charge in [0.2, 0.25) is 0 Å². The monoisotopic (exact) mass is 314 g/mol. The van der Waals surface area contributed by atoms with E-state index in [1.165, 1.54) is 10.1 Å². The van der Waals surface area contributed by atoms with Gasteiger partial charge in [-0.15, -0.1) is 0 Å². The van der Waals surface area contributed by atoms with E-state index in [1.54, 1.807) is 11.5 Å². The van der Waals surface area contributed by atoms with Gasteiger partial charge < -0.3 is 9.42 Å². The van der Waals surface area contributed by atoms with Crippen LogP contribution in [-0.4, -0.2) is 40.6 Å². The van der Waals surface area contributed by atoms with Gasteiger partial charge in [0.25, 0.3) is 0 Å². The molecule has 1 saturated heterocycles. The molecule has 114 valence electrons. The van der Waals surface area contributed by atoms with Crippen molar-refractivity contribution in [1.29, 1.82) is 0 Å². The topological polar surface area (TPSA) is 45.4 Å². The molecule has 1 fully saturated rings. The Morgan fingerprint density at radius 1 is 1.18 bits per heavy atom. The Morgan fingerprint density at radius 2 is 2.00 bits per heavy atom. The van der Waals surface area contributed by atoms with E-state index in [2.05, 4.69) is 43.6 Å². The summed E-state index contributed by atoms with van der Waals surface area (Å²) in [5.41, 5.74) is 1.02. The van der Waals surface area contributed by atoms with Gasteiger partial charge in [-0.2, -0.15) is 4.37 Å². The van der Waals surface area contributed by atoms with E-state index < -0.39 is 0 Å². The molecule has 0 amide bonds. The zero-order valence-corrected chi connectivity index (χ0v) is 13.3. The second kappa shape index (κ2) is 5.70. The largest absolute Gasteiger partial charge is 0.361 e. The minimum Gasteiger partial charge on any atom is -0.361 e. The van der Waals surface area contributed by atoms with Gasteiger partial charge in [0.05, 0.1) is 10.4 Å². The highest BCUT2D eigenvalue weighted by atomic mass is 32.1. The smallest absolute Gasteiger partial charge is 0.150 e. The molecule has 0 unspecified atom stereocenters. The van der Waals surface area contributed by atoms with Crippen LogP contribution in [0.1, 0.15) is 11.5 Å². The Hall–Kier alpha value is -1.92. The number of anilines is 1. The molecule has 1 aromatic carbocycles. The first-order valence-electron chi connectivity index (χ1n) is 7.53. The second-order valence-corrected chi connectivity index (χ2v) is 6.50. The minimum atomic E-state index is 0.864. The van der Waals surface area contributed by atoms with E-state index in [0.717, 1.165) is 50.0 Å². The van der Waals surface area contributed by atoms with Crippen LogP contribution in [0.5, 0.6) is 0 Å². The third-order valence-electron chi connectivity index (χ3n) is 4.09. The van der Waals surface area contributed by atoms with Crippen molar-refractivity contribution in [3.63, 3.8) is 0 Å². The highest BCUT2D eigenvalue weighted by molar-refractivity contribution is 7.13. The Labute approximate surface area is 133 Å². The molecule has 0 spiro atoms. The normalized spacial score (nSPS) is 16.5. The van der Waals surface area contributed by atoms with Crippen molar-refractivity contribution in [3.05, 3.63) is 41.8 Å². The number of nitrogens with zero attached hydrogens (tertiary/aromatic N) is 4. The number of hydrogen-bond acceptors (Lipinski definition) is 6. The summed E-state index contributed by atoms with van der Waals surface area (Å²) in [7, 11) is 0. The predicted octanol–water partition coefficient (Wildman–Crippen LogP) is 2.91. The summed E-state index contributed by atoms with van der Waals surface area (Å²) in [4.78, 5) is 4.81. The maximum atomic E-state index is 5.14. The quantitative estimate of drug-likeness (QED) is 0.744. The molecule has 5 nitrogen and oxygen atoms in total. The lowest BCUT2D eigenvalue weighted by Gasteiger charge is -2.34. The van der Waals surface area contributed by atoms with Crippen LogP contribution in [0.15, 0.2) is 34.9 Å². The van der Waals surface area contributed by atoms with Crippen molar-refractivity contribution in [1.82, 2.24) is 14.4 Å². The van der Waals surface area contributed by atoms with Gasteiger partial charge in [0.1, 0.15) is 11.6 Å². The molecular formula is C16H18N4OS. The van der Waals surface area contributed by atoms with E-state index in [1.807, 2.05) is 13.0 Å². The van der Waals surface area contributed by atoms with Crippen LogP contribution in [0.4, 0.5) is 5.82 Å². The molecule has 0 aliphatic carbocycles. The molecule has 0 saturated carbocycles. The molecule has 2 aromatic heterocycles. The first kappa shape index (κ1) is 13.7. The molecule has 22 heavy (non-hydrogen) atoms. The average molecular weight is 314 g/mol. The van der Waals surface area contributed by atoms with Gasteiger partial charge in [-0.1, -0.05) is 17.3 Å². The molecule has 0 atom stereocenters. The van der Waals surface area contributed by atoms with Crippen molar-refractivity contribution in [2.24, 2.45) is 0 Å². The van der Waals surface area contributed by atoms with Crippen molar-refractivity contribution in [3.8, 4) is 0 Å². The van der Waals surface area contributed by atoms with E-state index in [0.29, 0.717) is 0 Å². The van der Waals surface area contributed by atoms with E-state index in [9.17, 15) is 0 Å². The number of aromatic nitrogens is 2. The highest BCUT2D eigenvalue weighted by Gasteiger charge is 2.21. The molecule has 6 heteroatoms. The molecule has 3 aromatic rings. The van der Waals surface area contributed by atoms with Crippen LogP contribution >= 0.6 is 11.5 Å². The molecule has 4 rings (SSSR count). The van der Waals surface area contributed by atoms with Crippen LogP contribution in [0.25, 0.3) is 10.1 Å². The lowest BCUT2D eigenvalue weighted by Crippen LogP contribution is -2.46. The first-order chi connectivity index (χ1) is 10.8. The average Bonchev–Trinajstić information content (AvgIpc) is 3.14. The standard InChI is InChI=1S/C16H18N4OS/c1-12-10-13(17-21-12)11-19-6-8-20(9-7-19)16-14-4-2-3-5-15(14)22-18-16/h2-5,10H,6-9,11H2,1H3. The summed E-state index contributed by atoms with van der Waals surface area (Å²) in [5, 5.41) is 5.35. The van der Waals surface area contributed by atoms with Gasteiger partial charge in [-0.3, -0.25) is 4.90 Å². The number of hydrogen-bond donors (Lipinski definition) is 0. The van der Waals surface area contributed by atoms with Crippen LogP contribution in [-0.2, 0) is 6.54 Å². The lowest BCUT2D eigenvalue weighted by molar-refractivity contribution is 0.241. The Kier molecular flexibility index (Phi) is 3.56. The zero-order valence-electron chi connectivity index (χ0n) is 12.5. The van der Waals surface area contributed by atoms with Crippen LogP contribution in [0.3, 0.4) is 0 Å². The van der Waals surface area contributed by atoms with Crippen LogP contribution in [0, 0.1) is 6.92 Å². The molecule has 1 aliphatic heterocycles. The number of fused-ring (bicyclic) bond motifs is 1. The number of rotatable bonds is 3. The van der Waals surface area contributed by atoms with Gasteiger partial charge in [-0.25, -0.2) is 0 Å². The fraction of sp³-hybridized carbons (Fsp3) is 0.375. The van der Waals surface area contributed by atoms with Crippen molar-refractivity contribution in [2.75, 3.05) is 31.1 Å². The van der Waals surface area contributed by atoms with Gasteiger partial charge in [-0.05, 0) is 30.6 Å². The third-order valence-corrected chi connectivity index (χ3v) is 4.91. The van der Waals surface area contributed by atoms with Crippen molar-refractivity contribution < 1.29 is 4.52 Å². The third kappa shape index (κ3) is 2.60. The van der Waals surface area contributed by atoms with Gasteiger partial charge in [0, 0.05) is 44.2 Å². The molecule has 0 radical (unpaired) electrons. The molecule has 3 heterocycles. The zero-order chi connectivity index (χ0) is 14.9. The fourth-order valence-corrected chi connectivity index (χ4v) is 3.74. The molecule has 1 aliphatic rings. The minimum absolute atomic E-state index is 0.864. The second-order valence-electron chi connectivity index (χ2n) is 5.69. The van der Waals surface area contributed by atoms with Crippen molar-refractivity contribution >= 4 is 27.4 Å². The molecule has 0 N–H and O–H groups in total. The summed E-state index contributed by atoms with van der Waals surface area (Å²) in [6.45, 7) is 6.86. The Morgan fingerprint density at radius 3 is 2.77 bits per heavy atom. The summed E-state index contributed by atoms with van der Waals surface area (Å²) in [6, 6.07) is 10.5. The number of aryl methyl sites for hydroxylation is 1. The predicted molar refractivity (Wildman–Crippen MR) is 88.4 cm³/mol. The Balaban J connectivity index is 1.43. The van der Waals surface area contributed by atoms with E-state index >= 15 is 0 Å². The maximum absolute atomic E-state index is 5.14. The first-order valence-corrected chi connectivity index (χ1v) is 8.31. The summed E-state index contributed by atoms with van der Waals surface area (Å²) >= 11 is 1.59. The van der Waals surface area contributed by atoms with E-state index in [4.69, 9.17) is 4.52 Å². The molecular weight excluding hydrogens is 296 g/mol. The SMILES string of the molecule is Cc1cc(CN2CCN(c3nsc4ccccc34)CC2)no1. The molecule has 0 bridgehead atoms. The van der Waals surface area contributed by atoms with E-state index in [-0.39, 0.29) is 0 Å². The van der Waals surface area contributed by atoms with Crippen molar-refractivity contribution in [2.45, 2.75) is 13.5 Å². The van der Waals surface area contributed by atoms with Gasteiger partial charge >= 0.3 is 0 Å². The maximum Gasteiger partial charge on any atom is 0.150 e. The summed E-state index contributed by atoms with van der Waals surface area (Å²) in [6.07, 6.45) is 0. The lowest BCUT2D eigenvalue weighted by atomic mass is 10.2. The summed E-state index contributed by atoms with van der Waals surface area (Å²) in [5.74, 6) is 2.01. The summed E-state index contributed by atoms with van der Waals surface area (Å²) < 4.78 is 11.1. The van der Waals surface area contributed by atoms with Crippen LogP contribution < -0.4 is 4.90 Å². The fourth-order valence-electron chi connectivity index (χ4n) is 2.94. The number of benzene rings is 1.